The molecule has 1 heterocycles. The minimum absolute atomic E-state index is 0.409. The number of alkyl halides is 3. The van der Waals surface area contributed by atoms with E-state index in [2.05, 4.69) is 26.2 Å². The minimum Gasteiger partial charge on any atom is -0.323 e. The van der Waals surface area contributed by atoms with E-state index in [9.17, 15) is 18.0 Å². The van der Waals surface area contributed by atoms with Crippen LogP contribution in [0.3, 0.4) is 0 Å². The van der Waals surface area contributed by atoms with Crippen LogP contribution in [0.1, 0.15) is 0 Å². The number of nitrogens with one attached hydrogen (secondary N) is 2. The number of anilines is 1. The van der Waals surface area contributed by atoms with E-state index >= 15 is 0 Å². The van der Waals surface area contributed by atoms with Gasteiger partial charge in [0.2, 0.25) is 5.91 Å². The van der Waals surface area contributed by atoms with Gasteiger partial charge in [-0.25, -0.2) is 4.98 Å². The smallest absolute Gasteiger partial charge is 0.323 e. The Balaban J connectivity index is 2.38. The van der Waals surface area contributed by atoms with Crippen LogP contribution in [0.2, 0.25) is 0 Å². The topological polar surface area (TPSA) is 54.0 Å². The van der Waals surface area contributed by atoms with Crippen molar-refractivity contribution in [2.24, 2.45) is 0 Å². The van der Waals surface area contributed by atoms with Crippen molar-refractivity contribution >= 4 is 27.5 Å². The molecule has 0 atom stereocenters. The highest BCUT2D eigenvalue weighted by Crippen LogP contribution is 2.17. The van der Waals surface area contributed by atoms with Gasteiger partial charge in [-0.3, -0.25) is 4.79 Å². The summed E-state index contributed by atoms with van der Waals surface area (Å²) < 4.78 is 35.8. The van der Waals surface area contributed by atoms with Crippen LogP contribution in [0.4, 0.5) is 18.9 Å². The highest BCUT2D eigenvalue weighted by atomic mass is 79.9. The van der Waals surface area contributed by atoms with Crippen molar-refractivity contribution in [1.82, 2.24) is 10.3 Å². The molecule has 0 aliphatic carbocycles. The van der Waals surface area contributed by atoms with Crippen LogP contribution in [0, 0.1) is 0 Å². The number of aromatic nitrogens is 1. The molecule has 94 valence electrons. The zero-order chi connectivity index (χ0) is 12.9. The second-order valence-electron chi connectivity index (χ2n) is 3.11. The van der Waals surface area contributed by atoms with Crippen LogP contribution in [0.25, 0.3) is 0 Å². The molecule has 4 nitrogen and oxygen atoms in total. The van der Waals surface area contributed by atoms with Gasteiger partial charge >= 0.3 is 6.18 Å². The third-order valence-corrected chi connectivity index (χ3v) is 2.28. The Morgan fingerprint density at radius 3 is 2.76 bits per heavy atom. The molecule has 0 unspecified atom stereocenters. The summed E-state index contributed by atoms with van der Waals surface area (Å²) in [5.41, 5.74) is 0.409. The van der Waals surface area contributed by atoms with E-state index < -0.39 is 25.2 Å². The Bertz CT molecular complexity index is 397. The molecule has 0 aliphatic heterocycles. The maximum atomic E-state index is 11.8. The lowest BCUT2D eigenvalue weighted by atomic mass is 10.4. The van der Waals surface area contributed by atoms with Crippen molar-refractivity contribution in [3.63, 3.8) is 0 Å². The average Bonchev–Trinajstić information content (AvgIpc) is 2.19. The molecule has 1 aromatic heterocycles. The average molecular weight is 312 g/mol. The highest BCUT2D eigenvalue weighted by molar-refractivity contribution is 9.10. The van der Waals surface area contributed by atoms with E-state index in [4.69, 9.17) is 0 Å². The molecule has 0 saturated carbocycles. The van der Waals surface area contributed by atoms with Gasteiger partial charge in [0.15, 0.2) is 0 Å². The number of carbonyl (C=O) groups is 1. The van der Waals surface area contributed by atoms with Gasteiger partial charge in [0.25, 0.3) is 0 Å². The molecule has 0 bridgehead atoms. The molecule has 0 aliphatic rings. The summed E-state index contributed by atoms with van der Waals surface area (Å²) >= 11 is 3.10. The first-order valence-electron chi connectivity index (χ1n) is 4.56. The van der Waals surface area contributed by atoms with Crippen LogP contribution >= 0.6 is 15.9 Å². The summed E-state index contributed by atoms with van der Waals surface area (Å²) in [6.45, 7) is -1.62. The Labute approximate surface area is 104 Å². The van der Waals surface area contributed by atoms with Crippen molar-refractivity contribution in [3.8, 4) is 0 Å². The third kappa shape index (κ3) is 5.64. The number of rotatable bonds is 4. The van der Waals surface area contributed by atoms with Crippen LogP contribution in [0.15, 0.2) is 22.9 Å². The van der Waals surface area contributed by atoms with Crippen molar-refractivity contribution < 1.29 is 18.0 Å². The summed E-state index contributed by atoms with van der Waals surface area (Å²) in [4.78, 5) is 15.1. The molecule has 1 aromatic rings. The van der Waals surface area contributed by atoms with Crippen molar-refractivity contribution in [3.05, 3.63) is 22.9 Å². The van der Waals surface area contributed by atoms with E-state index in [1.54, 1.807) is 12.1 Å². The molecule has 0 aromatic carbocycles. The standard InChI is InChI=1S/C9H9BrF3N3O/c10-8-6(2-1-3-15-8)16-7(17)4-14-5-9(11,12)13/h1-3,14H,4-5H2,(H,16,17). The predicted molar refractivity (Wildman–Crippen MR) is 59.5 cm³/mol. The van der Waals surface area contributed by atoms with Gasteiger partial charge in [0.05, 0.1) is 18.8 Å². The predicted octanol–water partition coefficient (Wildman–Crippen LogP) is 1.93. The summed E-state index contributed by atoms with van der Waals surface area (Å²) in [6, 6.07) is 3.18. The minimum atomic E-state index is -4.32. The SMILES string of the molecule is O=C(CNCC(F)(F)F)Nc1cccnc1Br. The van der Waals surface area contributed by atoms with E-state index in [0.29, 0.717) is 10.3 Å². The third-order valence-electron chi connectivity index (χ3n) is 1.64. The lowest BCUT2D eigenvalue weighted by Gasteiger charge is -2.09. The molecule has 0 spiro atoms. The number of pyridine rings is 1. The normalized spacial score (nSPS) is 11.3. The van der Waals surface area contributed by atoms with Gasteiger partial charge in [-0.1, -0.05) is 0 Å². The zero-order valence-corrected chi connectivity index (χ0v) is 10.1. The first-order valence-corrected chi connectivity index (χ1v) is 5.35. The molecule has 17 heavy (non-hydrogen) atoms. The number of nitrogens with zero attached hydrogens (tertiary/aromatic N) is 1. The summed E-state index contributed by atoms with van der Waals surface area (Å²) in [5.74, 6) is -0.567. The number of halogens is 4. The first-order chi connectivity index (χ1) is 7.88. The molecule has 0 radical (unpaired) electrons. The Morgan fingerprint density at radius 1 is 1.47 bits per heavy atom. The second kappa shape index (κ2) is 5.97. The van der Waals surface area contributed by atoms with Crippen molar-refractivity contribution in [2.75, 3.05) is 18.4 Å². The van der Waals surface area contributed by atoms with Crippen molar-refractivity contribution in [1.29, 1.82) is 0 Å². The van der Waals surface area contributed by atoms with E-state index in [1.165, 1.54) is 6.20 Å². The van der Waals surface area contributed by atoms with Gasteiger partial charge in [-0.2, -0.15) is 13.2 Å². The van der Waals surface area contributed by atoms with E-state index in [1.807, 2.05) is 5.32 Å². The fourth-order valence-corrected chi connectivity index (χ4v) is 1.34. The van der Waals surface area contributed by atoms with Gasteiger partial charge < -0.3 is 10.6 Å². The number of carbonyl (C=O) groups excluding carboxylic acids is 1. The fraction of sp³-hybridized carbons (Fsp3) is 0.333. The first kappa shape index (κ1) is 13.9. The summed E-state index contributed by atoms with van der Waals surface area (Å²) in [7, 11) is 0. The lowest BCUT2D eigenvalue weighted by molar-refractivity contribution is -0.126. The Hall–Kier alpha value is -1.15. The van der Waals surface area contributed by atoms with Gasteiger partial charge in [-0.15, -0.1) is 0 Å². The van der Waals surface area contributed by atoms with Gasteiger partial charge in [0.1, 0.15) is 4.60 Å². The van der Waals surface area contributed by atoms with Crippen LogP contribution < -0.4 is 10.6 Å². The molecule has 0 saturated heterocycles. The van der Waals surface area contributed by atoms with Gasteiger partial charge in [0, 0.05) is 6.20 Å². The lowest BCUT2D eigenvalue weighted by Crippen LogP contribution is -2.35. The quantitative estimate of drug-likeness (QED) is 0.836. The molecule has 1 rings (SSSR count). The number of amides is 1. The van der Waals surface area contributed by atoms with Crippen LogP contribution in [-0.2, 0) is 4.79 Å². The number of hydrogen-bond donors (Lipinski definition) is 2. The largest absolute Gasteiger partial charge is 0.401 e. The number of hydrogen-bond acceptors (Lipinski definition) is 3. The molecule has 1 amide bonds. The Morgan fingerprint density at radius 2 is 2.18 bits per heavy atom. The summed E-state index contributed by atoms with van der Waals surface area (Å²) in [6.07, 6.45) is -2.81. The van der Waals surface area contributed by atoms with Crippen molar-refractivity contribution in [2.45, 2.75) is 6.18 Å². The molecular formula is C9H9BrF3N3O. The fourth-order valence-electron chi connectivity index (χ4n) is 0.991. The molecule has 0 fully saturated rings. The molecule has 2 N–H and O–H groups in total. The van der Waals surface area contributed by atoms with Crippen LogP contribution in [0.5, 0.6) is 0 Å². The van der Waals surface area contributed by atoms with Crippen LogP contribution in [-0.4, -0.2) is 30.2 Å². The second-order valence-corrected chi connectivity index (χ2v) is 3.86. The highest BCUT2D eigenvalue weighted by Gasteiger charge is 2.26. The monoisotopic (exact) mass is 311 g/mol. The maximum absolute atomic E-state index is 11.8. The summed E-state index contributed by atoms with van der Waals surface area (Å²) in [5, 5.41) is 4.41. The molecular weight excluding hydrogens is 303 g/mol. The van der Waals surface area contributed by atoms with E-state index in [0.717, 1.165) is 0 Å². The zero-order valence-electron chi connectivity index (χ0n) is 8.51. The van der Waals surface area contributed by atoms with Gasteiger partial charge in [-0.05, 0) is 28.1 Å². The maximum Gasteiger partial charge on any atom is 0.401 e. The Kier molecular flexibility index (Phi) is 4.88. The molecule has 8 heteroatoms. The van der Waals surface area contributed by atoms with E-state index in [-0.39, 0.29) is 0 Å².